The van der Waals surface area contributed by atoms with Gasteiger partial charge in [-0.2, -0.15) is 10.4 Å². The van der Waals surface area contributed by atoms with Gasteiger partial charge in [0.2, 0.25) is 0 Å². The summed E-state index contributed by atoms with van der Waals surface area (Å²) in [7, 11) is 0. The van der Waals surface area contributed by atoms with Crippen LogP contribution < -0.4 is 0 Å². The molecule has 0 saturated heterocycles. The van der Waals surface area contributed by atoms with Gasteiger partial charge in [-0.1, -0.05) is 12.8 Å². The number of nitrogens with one attached hydrogen (secondary N) is 1. The van der Waals surface area contributed by atoms with Crippen molar-refractivity contribution in [3.63, 3.8) is 0 Å². The Morgan fingerprint density at radius 1 is 1.09 bits per heavy atom. The molecule has 1 aliphatic carbocycles. The van der Waals surface area contributed by atoms with Crippen LogP contribution in [0, 0.1) is 17.2 Å². The van der Waals surface area contributed by atoms with Crippen LogP contribution >= 0.6 is 0 Å². The van der Waals surface area contributed by atoms with Crippen LogP contribution in [0.5, 0.6) is 0 Å². The van der Waals surface area contributed by atoms with E-state index in [2.05, 4.69) is 36.1 Å². The van der Waals surface area contributed by atoms with Gasteiger partial charge in [0, 0.05) is 29.5 Å². The number of hydrogen-bond donors (Lipinski definition) is 1. The predicted octanol–water partition coefficient (Wildman–Crippen LogP) is 4.20. The first-order valence-corrected chi connectivity index (χ1v) is 10.9. The molecule has 1 saturated carbocycles. The van der Waals surface area contributed by atoms with Gasteiger partial charge in [-0.15, -0.1) is 0 Å². The Morgan fingerprint density at radius 3 is 2.84 bits per heavy atom. The second-order valence-electron chi connectivity index (χ2n) is 8.27. The molecule has 32 heavy (non-hydrogen) atoms. The first-order chi connectivity index (χ1) is 15.8. The van der Waals surface area contributed by atoms with E-state index in [-0.39, 0.29) is 6.04 Å². The first-order valence-electron chi connectivity index (χ1n) is 10.9. The molecule has 0 spiro atoms. The van der Waals surface area contributed by atoms with Crippen molar-refractivity contribution >= 4 is 22.1 Å². The maximum atomic E-state index is 9.37. The molecule has 0 bridgehead atoms. The quantitative estimate of drug-likeness (QED) is 0.453. The van der Waals surface area contributed by atoms with Gasteiger partial charge in [-0.25, -0.2) is 19.9 Å². The van der Waals surface area contributed by atoms with Crippen molar-refractivity contribution in [1.29, 1.82) is 5.26 Å². The van der Waals surface area contributed by atoms with Gasteiger partial charge in [-0.3, -0.25) is 9.25 Å². The number of H-pyrrole nitrogens is 1. The molecule has 0 aliphatic heterocycles. The Hall–Kier alpha value is -4.06. The van der Waals surface area contributed by atoms with Crippen LogP contribution in [0.3, 0.4) is 0 Å². The minimum absolute atomic E-state index is 0.112. The molecule has 1 N–H and O–H groups in total. The van der Waals surface area contributed by atoms with Crippen molar-refractivity contribution < 1.29 is 0 Å². The smallest absolute Gasteiger partial charge is 0.151 e. The van der Waals surface area contributed by atoms with E-state index in [1.165, 1.54) is 12.8 Å². The van der Waals surface area contributed by atoms with Crippen molar-refractivity contribution in [1.82, 2.24) is 39.3 Å². The summed E-state index contributed by atoms with van der Waals surface area (Å²) in [4.78, 5) is 21.0. The number of fused-ring (bicyclic) bond motifs is 2. The van der Waals surface area contributed by atoms with E-state index in [0.29, 0.717) is 12.3 Å². The number of aromatic nitrogens is 8. The normalized spacial score (nSPS) is 15.5. The van der Waals surface area contributed by atoms with Crippen LogP contribution in [0.1, 0.15) is 38.1 Å². The molecule has 9 heteroatoms. The zero-order valence-corrected chi connectivity index (χ0v) is 17.4. The summed E-state index contributed by atoms with van der Waals surface area (Å²) >= 11 is 0. The summed E-state index contributed by atoms with van der Waals surface area (Å²) in [5, 5.41) is 15.9. The molecular weight excluding hydrogens is 402 g/mol. The number of hydrogen-bond acceptors (Lipinski definition) is 6. The van der Waals surface area contributed by atoms with E-state index < -0.39 is 0 Å². The van der Waals surface area contributed by atoms with E-state index >= 15 is 0 Å². The Bertz CT molecular complexity index is 1450. The van der Waals surface area contributed by atoms with Gasteiger partial charge in [0.1, 0.15) is 23.9 Å². The second-order valence-corrected chi connectivity index (χ2v) is 8.27. The third kappa shape index (κ3) is 2.95. The van der Waals surface area contributed by atoms with Crippen molar-refractivity contribution in [2.24, 2.45) is 5.92 Å². The lowest BCUT2D eigenvalue weighted by atomic mass is 9.96. The van der Waals surface area contributed by atoms with Crippen molar-refractivity contribution in [3.05, 3.63) is 49.6 Å². The average molecular weight is 423 g/mol. The highest BCUT2D eigenvalue weighted by atomic mass is 15.3. The number of aromatic amines is 1. The molecule has 5 heterocycles. The lowest BCUT2D eigenvalue weighted by Gasteiger charge is -2.21. The summed E-state index contributed by atoms with van der Waals surface area (Å²) < 4.78 is 3.92. The Labute approximate surface area is 183 Å². The molecule has 6 rings (SSSR count). The highest BCUT2D eigenvalue weighted by Gasteiger charge is 2.27. The molecule has 1 aliphatic rings. The summed E-state index contributed by atoms with van der Waals surface area (Å²) in [6.07, 6.45) is 16.1. The van der Waals surface area contributed by atoms with E-state index in [4.69, 9.17) is 0 Å². The van der Waals surface area contributed by atoms with E-state index in [0.717, 1.165) is 52.0 Å². The third-order valence-electron chi connectivity index (χ3n) is 6.50. The first kappa shape index (κ1) is 18.7. The average Bonchev–Trinajstić information content (AvgIpc) is 3.62. The van der Waals surface area contributed by atoms with Gasteiger partial charge in [0.15, 0.2) is 5.82 Å². The lowest BCUT2D eigenvalue weighted by molar-refractivity contribution is 0.315. The lowest BCUT2D eigenvalue weighted by Crippen LogP contribution is -2.17. The molecular formula is C23H21N9. The second kappa shape index (κ2) is 7.57. The van der Waals surface area contributed by atoms with Crippen LogP contribution in [0.15, 0.2) is 49.6 Å². The monoisotopic (exact) mass is 423 g/mol. The van der Waals surface area contributed by atoms with E-state index in [9.17, 15) is 5.26 Å². The molecule has 158 valence electrons. The molecule has 5 aromatic heterocycles. The van der Waals surface area contributed by atoms with Crippen LogP contribution in [0.2, 0.25) is 0 Å². The summed E-state index contributed by atoms with van der Waals surface area (Å²) in [6, 6.07) is 6.43. The standard InChI is InChI=1S/C23H21N9/c24-8-5-19(15-3-1-2-4-15)32-12-16(11-30-32)20-17-7-10-31(22(17)28-13-26-20)23-18-6-9-25-21(18)27-14-29-23/h6-7,9-15,19H,1-5H2,(H,25,27,29). The van der Waals surface area contributed by atoms with Crippen molar-refractivity contribution in [2.45, 2.75) is 38.1 Å². The molecule has 0 aromatic carbocycles. The van der Waals surface area contributed by atoms with Crippen LogP contribution in [-0.4, -0.2) is 39.3 Å². The summed E-state index contributed by atoms with van der Waals surface area (Å²) in [5.74, 6) is 1.28. The highest BCUT2D eigenvalue weighted by Crippen LogP contribution is 2.37. The summed E-state index contributed by atoms with van der Waals surface area (Å²) in [5.41, 5.74) is 3.29. The van der Waals surface area contributed by atoms with Crippen LogP contribution in [0.25, 0.3) is 39.1 Å². The Morgan fingerprint density at radius 2 is 1.97 bits per heavy atom. The fraction of sp³-hybridized carbons (Fsp3) is 0.304. The fourth-order valence-electron chi connectivity index (χ4n) is 4.96. The topological polar surface area (TPSA) is 114 Å². The molecule has 0 radical (unpaired) electrons. The van der Waals surface area contributed by atoms with Gasteiger partial charge in [-0.05, 0) is 30.9 Å². The molecule has 1 fully saturated rings. The van der Waals surface area contributed by atoms with Gasteiger partial charge in [0.25, 0.3) is 0 Å². The third-order valence-corrected chi connectivity index (χ3v) is 6.50. The van der Waals surface area contributed by atoms with E-state index in [1.54, 1.807) is 12.7 Å². The SMILES string of the molecule is N#CCC(C1CCCC1)n1cc(-c2ncnc3c2ccn3-c2ncnc3[nH]ccc23)cn1. The fourth-order valence-corrected chi connectivity index (χ4v) is 4.96. The van der Waals surface area contributed by atoms with Gasteiger partial charge in [0.05, 0.1) is 35.8 Å². The Balaban J connectivity index is 1.42. The highest BCUT2D eigenvalue weighted by molar-refractivity contribution is 5.93. The number of nitrogens with zero attached hydrogens (tertiary/aromatic N) is 8. The van der Waals surface area contributed by atoms with Crippen molar-refractivity contribution in [2.75, 3.05) is 0 Å². The largest absolute Gasteiger partial charge is 0.346 e. The predicted molar refractivity (Wildman–Crippen MR) is 119 cm³/mol. The molecule has 0 amide bonds. The minimum Gasteiger partial charge on any atom is -0.346 e. The zero-order valence-electron chi connectivity index (χ0n) is 17.4. The maximum Gasteiger partial charge on any atom is 0.151 e. The summed E-state index contributed by atoms with van der Waals surface area (Å²) in [6.45, 7) is 0. The minimum atomic E-state index is 0.112. The Kier molecular flexibility index (Phi) is 4.42. The molecule has 5 aromatic rings. The maximum absolute atomic E-state index is 9.37. The number of rotatable bonds is 5. The number of nitriles is 1. The van der Waals surface area contributed by atoms with Crippen LogP contribution in [-0.2, 0) is 0 Å². The molecule has 9 nitrogen and oxygen atoms in total. The van der Waals surface area contributed by atoms with Gasteiger partial charge >= 0.3 is 0 Å². The zero-order chi connectivity index (χ0) is 21.5. The van der Waals surface area contributed by atoms with Crippen LogP contribution in [0.4, 0.5) is 0 Å². The van der Waals surface area contributed by atoms with Gasteiger partial charge < -0.3 is 4.98 Å². The molecule has 1 atom stereocenters. The van der Waals surface area contributed by atoms with Crippen molar-refractivity contribution in [3.8, 4) is 23.1 Å². The molecule has 1 unspecified atom stereocenters. The van der Waals surface area contributed by atoms with E-state index in [1.807, 2.05) is 46.2 Å².